The van der Waals surface area contributed by atoms with Gasteiger partial charge in [-0.1, -0.05) is 43.7 Å². The van der Waals surface area contributed by atoms with Crippen molar-refractivity contribution < 1.29 is 17.6 Å². The van der Waals surface area contributed by atoms with Crippen LogP contribution < -0.4 is 10.4 Å². The number of carbonyl (C=O) groups excluding carboxylic acids is 1. The molecule has 0 aliphatic carbocycles. The Morgan fingerprint density at radius 1 is 1.05 bits per heavy atom. The van der Waals surface area contributed by atoms with Crippen LogP contribution in [-0.4, -0.2) is 23.5 Å². The highest BCUT2D eigenvalue weighted by atomic mass is 32.2. The Kier molecular flexibility index (Phi) is 7.42. The van der Waals surface area contributed by atoms with E-state index in [1.807, 2.05) is 42.0 Å². The van der Waals surface area contributed by atoms with E-state index in [9.17, 15) is 22.4 Å². The number of para-hydroxylation sites is 2. The Balaban J connectivity index is 1.50. The van der Waals surface area contributed by atoms with E-state index in [1.54, 1.807) is 20.5 Å². The molecule has 0 saturated carbocycles. The van der Waals surface area contributed by atoms with Crippen molar-refractivity contribution in [3.63, 3.8) is 0 Å². The Labute approximate surface area is 229 Å². The minimum atomic E-state index is -4.26. The van der Waals surface area contributed by atoms with Crippen LogP contribution >= 0.6 is 11.3 Å². The maximum Gasteiger partial charge on any atom is 0.329 e. The number of halogens is 1. The number of nitrogens with zero attached hydrogens (tertiary/aromatic N) is 2. The summed E-state index contributed by atoms with van der Waals surface area (Å²) in [6.07, 6.45) is 0.938. The number of rotatable bonds is 9. The number of hydrogen-bond donors (Lipinski definition) is 1. The lowest BCUT2D eigenvalue weighted by Crippen LogP contribution is -2.35. The second kappa shape index (κ2) is 10.8. The molecule has 3 aromatic carbocycles. The van der Waals surface area contributed by atoms with Crippen molar-refractivity contribution in [2.24, 2.45) is 0 Å². The van der Waals surface area contributed by atoms with Gasteiger partial charge in [0.2, 0.25) is 5.91 Å². The topological polar surface area (TPSA) is 90.2 Å². The fraction of sp³-hybridized carbons (Fsp3) is 0.241. The normalized spacial score (nSPS) is 12.7. The van der Waals surface area contributed by atoms with E-state index in [4.69, 9.17) is 0 Å². The van der Waals surface area contributed by atoms with Crippen molar-refractivity contribution in [2.75, 3.05) is 0 Å². The lowest BCUT2D eigenvalue weighted by atomic mass is 10.1. The van der Waals surface area contributed by atoms with Gasteiger partial charge in [-0.3, -0.25) is 13.9 Å². The monoisotopic (exact) mass is 565 g/mol. The summed E-state index contributed by atoms with van der Waals surface area (Å²) in [7, 11) is -4.26. The Bertz CT molecular complexity index is 1850. The molecule has 0 bridgehead atoms. The largest absolute Gasteiger partial charge is 0.329 e. The third kappa shape index (κ3) is 5.26. The predicted molar refractivity (Wildman–Crippen MR) is 152 cm³/mol. The van der Waals surface area contributed by atoms with Gasteiger partial charge in [0.1, 0.15) is 5.82 Å². The maximum atomic E-state index is 13.9. The van der Waals surface area contributed by atoms with Gasteiger partial charge in [0.05, 0.1) is 22.5 Å². The lowest BCUT2D eigenvalue weighted by Gasteiger charge is -2.18. The fourth-order valence-electron chi connectivity index (χ4n) is 5.12. The van der Waals surface area contributed by atoms with E-state index >= 15 is 0 Å². The summed E-state index contributed by atoms with van der Waals surface area (Å²) in [6.45, 7) is 4.37. The van der Waals surface area contributed by atoms with E-state index in [2.05, 4.69) is 24.4 Å². The molecule has 5 rings (SSSR count). The second-order valence-electron chi connectivity index (χ2n) is 9.57. The van der Waals surface area contributed by atoms with E-state index in [1.165, 1.54) is 12.1 Å². The van der Waals surface area contributed by atoms with Crippen LogP contribution in [0.1, 0.15) is 43.4 Å². The van der Waals surface area contributed by atoms with Gasteiger partial charge in [-0.25, -0.2) is 22.3 Å². The first-order chi connectivity index (χ1) is 18.7. The molecule has 0 aliphatic heterocycles. The summed E-state index contributed by atoms with van der Waals surface area (Å²) >= 11 is 1.64. The number of nitrogens with one attached hydrogen (secondary N) is 1. The third-order valence-corrected chi connectivity index (χ3v) is 9.21. The van der Waals surface area contributed by atoms with Crippen LogP contribution in [0.2, 0.25) is 0 Å². The average molecular weight is 566 g/mol. The highest BCUT2D eigenvalue weighted by Crippen LogP contribution is 2.30. The van der Waals surface area contributed by atoms with Crippen molar-refractivity contribution in [3.05, 3.63) is 99.5 Å². The molecule has 1 unspecified atom stereocenters. The number of sulfonamides is 1. The van der Waals surface area contributed by atoms with E-state index in [-0.39, 0.29) is 17.0 Å². The SMILES string of the molecule is CCCC(CC(=O)NS(=O)(=O)c1cccc(F)c1)n1c(=O)n(Cc2csc3cccc(C)c23)c2ccccc21. The van der Waals surface area contributed by atoms with Gasteiger partial charge in [0.25, 0.3) is 10.0 Å². The number of aromatic nitrogens is 2. The molecule has 0 radical (unpaired) electrons. The predicted octanol–water partition coefficient (Wildman–Crippen LogP) is 5.75. The Morgan fingerprint density at radius 3 is 2.54 bits per heavy atom. The molecule has 202 valence electrons. The van der Waals surface area contributed by atoms with Crippen molar-refractivity contribution in [1.29, 1.82) is 0 Å². The summed E-state index contributed by atoms with van der Waals surface area (Å²) < 4.78 is 45.5. The van der Waals surface area contributed by atoms with E-state index in [0.29, 0.717) is 24.9 Å². The first kappa shape index (κ1) is 26.8. The highest BCUT2D eigenvalue weighted by Gasteiger charge is 2.25. The fourth-order valence-corrected chi connectivity index (χ4v) is 7.18. The Morgan fingerprint density at radius 2 is 1.79 bits per heavy atom. The molecule has 39 heavy (non-hydrogen) atoms. The number of aryl methyl sites for hydroxylation is 1. The van der Waals surface area contributed by atoms with Crippen LogP contribution in [0.4, 0.5) is 4.39 Å². The standard InChI is InChI=1S/C29H28FN3O4S2/c1-3-8-22(16-27(34)31-39(36,37)23-11-7-10-21(30)15-23)33-25-13-5-4-12-24(25)32(29(33)35)17-20-18-38-26-14-6-9-19(2)28(20)26/h4-7,9-15,18,22H,3,8,16-17H2,1-2H3,(H,31,34). The average Bonchev–Trinajstić information content (AvgIpc) is 3.43. The van der Waals surface area contributed by atoms with E-state index < -0.39 is 27.8 Å². The molecule has 2 heterocycles. The molecule has 0 saturated heterocycles. The van der Waals surface area contributed by atoms with Crippen LogP contribution in [0.3, 0.4) is 0 Å². The molecule has 0 spiro atoms. The van der Waals surface area contributed by atoms with Gasteiger partial charge in [-0.05, 0) is 66.2 Å². The summed E-state index contributed by atoms with van der Waals surface area (Å²) in [6, 6.07) is 17.5. The van der Waals surface area contributed by atoms with Gasteiger partial charge in [0, 0.05) is 22.5 Å². The minimum Gasteiger partial charge on any atom is -0.288 e. The molecule has 0 aliphatic rings. The summed E-state index contributed by atoms with van der Waals surface area (Å²) in [4.78, 5) is 26.5. The smallest absolute Gasteiger partial charge is 0.288 e. The molecule has 2 aromatic heterocycles. The summed E-state index contributed by atoms with van der Waals surface area (Å²) in [5.41, 5.74) is 3.34. The third-order valence-electron chi connectivity index (χ3n) is 6.84. The number of benzene rings is 3. The molecule has 10 heteroatoms. The van der Waals surface area contributed by atoms with Crippen LogP contribution in [0.15, 0.2) is 81.8 Å². The van der Waals surface area contributed by atoms with Crippen molar-refractivity contribution in [1.82, 2.24) is 13.9 Å². The van der Waals surface area contributed by atoms with Crippen molar-refractivity contribution >= 4 is 48.4 Å². The number of fused-ring (bicyclic) bond motifs is 2. The number of imidazole rings is 1. The summed E-state index contributed by atoms with van der Waals surface area (Å²) in [5.74, 6) is -1.48. The van der Waals surface area contributed by atoms with Crippen molar-refractivity contribution in [2.45, 2.75) is 50.6 Å². The van der Waals surface area contributed by atoms with Crippen molar-refractivity contribution in [3.8, 4) is 0 Å². The van der Waals surface area contributed by atoms with Crippen LogP contribution in [-0.2, 0) is 21.4 Å². The zero-order valence-electron chi connectivity index (χ0n) is 21.6. The zero-order valence-corrected chi connectivity index (χ0v) is 23.2. The molecule has 1 N–H and O–H groups in total. The molecule has 1 atom stereocenters. The lowest BCUT2D eigenvalue weighted by molar-refractivity contribution is -0.120. The quantitative estimate of drug-likeness (QED) is 0.246. The molecular formula is C29H28FN3O4S2. The van der Waals surface area contributed by atoms with Crippen LogP contribution in [0, 0.1) is 12.7 Å². The molecule has 1 amide bonds. The maximum absolute atomic E-state index is 13.9. The van der Waals surface area contributed by atoms with Gasteiger partial charge in [0.15, 0.2) is 0 Å². The number of amides is 1. The zero-order chi connectivity index (χ0) is 27.7. The first-order valence-corrected chi connectivity index (χ1v) is 15.0. The Hall–Kier alpha value is -3.76. The van der Waals surface area contributed by atoms with Gasteiger partial charge >= 0.3 is 5.69 Å². The highest BCUT2D eigenvalue weighted by molar-refractivity contribution is 7.90. The first-order valence-electron chi connectivity index (χ1n) is 12.7. The van der Waals surface area contributed by atoms with Gasteiger partial charge in [-0.2, -0.15) is 0 Å². The molecular weight excluding hydrogens is 537 g/mol. The second-order valence-corrected chi connectivity index (χ2v) is 12.2. The summed E-state index contributed by atoms with van der Waals surface area (Å²) in [5, 5.41) is 3.21. The number of hydrogen-bond acceptors (Lipinski definition) is 5. The van der Waals surface area contributed by atoms with Crippen LogP contribution in [0.5, 0.6) is 0 Å². The molecule has 7 nitrogen and oxygen atoms in total. The minimum absolute atomic E-state index is 0.225. The number of carbonyl (C=O) groups is 1. The van der Waals surface area contributed by atoms with Crippen LogP contribution in [0.25, 0.3) is 21.1 Å². The van der Waals surface area contributed by atoms with E-state index in [0.717, 1.165) is 38.9 Å². The van der Waals surface area contributed by atoms with Gasteiger partial charge in [-0.15, -0.1) is 11.3 Å². The van der Waals surface area contributed by atoms with Gasteiger partial charge < -0.3 is 0 Å². The molecule has 0 fully saturated rings. The number of thiophene rings is 1. The molecule has 5 aromatic rings.